The summed E-state index contributed by atoms with van der Waals surface area (Å²) in [7, 11) is 0. The average molecular weight is 182 g/mol. The topological polar surface area (TPSA) is 121 Å². The number of hydrogen-bond acceptors (Lipinski definition) is 2. The van der Waals surface area contributed by atoms with Crippen LogP contribution in [0.2, 0.25) is 0 Å². The van der Waals surface area contributed by atoms with Crippen molar-refractivity contribution in [2.24, 2.45) is 0 Å². The first-order valence-electron chi connectivity index (χ1n) is 1.55. The Kier molecular flexibility index (Phi) is 27.7. The molecule has 0 aliphatic heterocycles. The molecule has 0 radical (unpaired) electrons. The molecule has 0 rings (SSSR count). The molecular formula is C3H10FeO5. The molecule has 0 aliphatic carbocycles. The summed E-state index contributed by atoms with van der Waals surface area (Å²) in [5.74, 6) is -1.19. The quantitative estimate of drug-likeness (QED) is 0.447. The van der Waals surface area contributed by atoms with Crippen LogP contribution >= 0.6 is 0 Å². The first-order valence-corrected chi connectivity index (χ1v) is 1.55. The van der Waals surface area contributed by atoms with E-state index in [9.17, 15) is 4.79 Å². The van der Waals surface area contributed by atoms with Gasteiger partial charge in [0, 0.05) is 17.1 Å². The molecule has 0 aromatic rings. The molecule has 6 N–H and O–H groups in total. The van der Waals surface area contributed by atoms with Crippen LogP contribution in [0.15, 0.2) is 0 Å². The van der Waals surface area contributed by atoms with Crippen LogP contribution in [-0.2, 0) is 21.9 Å². The molecule has 9 heavy (non-hydrogen) atoms. The molecule has 0 saturated carbocycles. The van der Waals surface area contributed by atoms with Crippen LogP contribution in [0.1, 0.15) is 6.92 Å². The minimum atomic E-state index is -1.23. The molecule has 0 bridgehead atoms. The summed E-state index contributed by atoms with van der Waals surface area (Å²) in [4.78, 5) is 9.45. The van der Waals surface area contributed by atoms with E-state index in [2.05, 4.69) is 0 Å². The van der Waals surface area contributed by atoms with E-state index in [0.29, 0.717) is 0 Å². The van der Waals surface area contributed by atoms with Gasteiger partial charge in [-0.25, -0.2) is 4.79 Å². The van der Waals surface area contributed by atoms with Crippen molar-refractivity contribution in [3.8, 4) is 0 Å². The van der Waals surface area contributed by atoms with Gasteiger partial charge in [-0.1, -0.05) is 0 Å². The Balaban J connectivity index is -0.0000000417. The maximum atomic E-state index is 9.45. The van der Waals surface area contributed by atoms with Gasteiger partial charge in [0.2, 0.25) is 0 Å². The van der Waals surface area contributed by atoms with Gasteiger partial charge in [0.1, 0.15) is 6.10 Å². The maximum Gasteiger partial charge on any atom is 0.332 e. The Morgan fingerprint density at radius 3 is 1.56 bits per heavy atom. The van der Waals surface area contributed by atoms with Crippen molar-refractivity contribution in [2.45, 2.75) is 13.0 Å². The normalized spacial score (nSPS) is 9.11. The van der Waals surface area contributed by atoms with Gasteiger partial charge in [-0.3, -0.25) is 0 Å². The molecule has 0 heterocycles. The SMILES string of the molecule is CC(O)C(=O)O.O.O.[Fe]. The summed E-state index contributed by atoms with van der Waals surface area (Å²) in [6, 6.07) is 0. The predicted molar refractivity (Wildman–Crippen MR) is 26.5 cm³/mol. The number of carbonyl (C=O) groups is 1. The van der Waals surface area contributed by atoms with Crippen LogP contribution in [0.5, 0.6) is 0 Å². The minimum absolute atomic E-state index is 0. The standard InChI is InChI=1S/C3H6O3.Fe.2H2O/c1-2(4)3(5)6;;;/h2,4H,1H3,(H,5,6);;2*1H2. The van der Waals surface area contributed by atoms with Gasteiger partial charge in [0.25, 0.3) is 0 Å². The van der Waals surface area contributed by atoms with E-state index in [1.165, 1.54) is 6.92 Å². The van der Waals surface area contributed by atoms with Gasteiger partial charge in [-0.05, 0) is 6.92 Å². The van der Waals surface area contributed by atoms with Crippen molar-refractivity contribution in [1.82, 2.24) is 0 Å². The van der Waals surface area contributed by atoms with Crippen molar-refractivity contribution in [2.75, 3.05) is 0 Å². The van der Waals surface area contributed by atoms with Crippen LogP contribution in [0.25, 0.3) is 0 Å². The second-order valence-corrected chi connectivity index (χ2v) is 1.01. The molecule has 60 valence electrons. The maximum absolute atomic E-state index is 9.45. The number of hydrogen-bond donors (Lipinski definition) is 2. The Morgan fingerprint density at radius 1 is 1.44 bits per heavy atom. The third-order valence-corrected chi connectivity index (χ3v) is 0.357. The molecule has 0 fully saturated rings. The molecule has 1 atom stereocenters. The largest absolute Gasteiger partial charge is 0.479 e. The van der Waals surface area contributed by atoms with E-state index < -0.39 is 12.1 Å². The van der Waals surface area contributed by atoms with Gasteiger partial charge in [-0.15, -0.1) is 0 Å². The van der Waals surface area contributed by atoms with Crippen LogP contribution in [0.4, 0.5) is 0 Å². The van der Waals surface area contributed by atoms with E-state index in [-0.39, 0.29) is 28.0 Å². The van der Waals surface area contributed by atoms with Gasteiger partial charge < -0.3 is 21.2 Å². The van der Waals surface area contributed by atoms with Crippen LogP contribution < -0.4 is 0 Å². The number of carboxylic acid groups (broad SMARTS) is 1. The number of aliphatic hydroxyl groups is 1. The average Bonchev–Trinajstić information content (AvgIpc) is 1.36. The number of rotatable bonds is 1. The van der Waals surface area contributed by atoms with E-state index in [1.54, 1.807) is 0 Å². The fraction of sp³-hybridized carbons (Fsp3) is 0.667. The Bertz CT molecular complexity index is 63.2. The zero-order valence-electron chi connectivity index (χ0n) is 4.73. The second-order valence-electron chi connectivity index (χ2n) is 1.01. The van der Waals surface area contributed by atoms with E-state index in [4.69, 9.17) is 10.2 Å². The van der Waals surface area contributed by atoms with E-state index >= 15 is 0 Å². The fourth-order valence-corrected chi connectivity index (χ4v) is 0. The molecule has 1 unspecified atom stereocenters. The Labute approximate surface area is 62.8 Å². The molecule has 0 aromatic heterocycles. The zero-order valence-corrected chi connectivity index (χ0v) is 5.84. The predicted octanol–water partition coefficient (Wildman–Crippen LogP) is -2.20. The van der Waals surface area contributed by atoms with Crippen LogP contribution in [0, 0.1) is 0 Å². The first kappa shape index (κ1) is 23.2. The van der Waals surface area contributed by atoms with E-state index in [0.717, 1.165) is 0 Å². The smallest absolute Gasteiger partial charge is 0.332 e. The summed E-state index contributed by atoms with van der Waals surface area (Å²) in [5.41, 5.74) is 0. The van der Waals surface area contributed by atoms with E-state index in [1.807, 2.05) is 0 Å². The zero-order chi connectivity index (χ0) is 5.15. The molecular weight excluding hydrogens is 172 g/mol. The third-order valence-electron chi connectivity index (χ3n) is 0.357. The molecule has 0 aliphatic rings. The van der Waals surface area contributed by atoms with Crippen molar-refractivity contribution < 1.29 is 43.0 Å². The molecule has 0 aromatic carbocycles. The van der Waals surface area contributed by atoms with Gasteiger partial charge in [0.05, 0.1) is 0 Å². The van der Waals surface area contributed by atoms with Gasteiger partial charge in [-0.2, -0.15) is 0 Å². The number of aliphatic hydroxyl groups excluding tert-OH is 1. The molecule has 6 heteroatoms. The van der Waals surface area contributed by atoms with Crippen molar-refractivity contribution in [1.29, 1.82) is 0 Å². The first-order chi connectivity index (χ1) is 2.64. The number of carboxylic acids is 1. The molecule has 0 amide bonds. The monoisotopic (exact) mass is 182 g/mol. The fourth-order valence-electron chi connectivity index (χ4n) is 0. The van der Waals surface area contributed by atoms with Crippen molar-refractivity contribution in [3.05, 3.63) is 0 Å². The minimum Gasteiger partial charge on any atom is -0.479 e. The van der Waals surface area contributed by atoms with Crippen molar-refractivity contribution in [3.63, 3.8) is 0 Å². The van der Waals surface area contributed by atoms with Crippen LogP contribution in [-0.4, -0.2) is 33.2 Å². The summed E-state index contributed by atoms with van der Waals surface area (Å²) >= 11 is 0. The summed E-state index contributed by atoms with van der Waals surface area (Å²) in [6.45, 7) is 1.20. The van der Waals surface area contributed by atoms with Gasteiger partial charge in [0.15, 0.2) is 0 Å². The Hall–Kier alpha value is -0.131. The summed E-state index contributed by atoms with van der Waals surface area (Å²) in [6.07, 6.45) is -1.23. The molecule has 0 saturated heterocycles. The van der Waals surface area contributed by atoms with Crippen LogP contribution in [0.3, 0.4) is 0 Å². The third kappa shape index (κ3) is 18.1. The van der Waals surface area contributed by atoms with Crippen molar-refractivity contribution >= 4 is 5.97 Å². The molecule has 0 spiro atoms. The summed E-state index contributed by atoms with van der Waals surface area (Å²) in [5, 5.41) is 15.8. The second kappa shape index (κ2) is 10.8. The molecule has 5 nitrogen and oxygen atoms in total. The Morgan fingerprint density at radius 2 is 1.56 bits per heavy atom. The summed E-state index contributed by atoms with van der Waals surface area (Å²) < 4.78 is 0. The van der Waals surface area contributed by atoms with Gasteiger partial charge >= 0.3 is 5.97 Å². The number of aliphatic carboxylic acids is 1.